The Balaban J connectivity index is 1.84. The summed E-state index contributed by atoms with van der Waals surface area (Å²) in [5.41, 5.74) is 2.78. The first-order valence-electron chi connectivity index (χ1n) is 7.22. The highest BCUT2D eigenvalue weighted by molar-refractivity contribution is 9.10. The van der Waals surface area contributed by atoms with Crippen LogP contribution in [0.4, 0.5) is 15.8 Å². The van der Waals surface area contributed by atoms with Crippen LogP contribution in [-0.4, -0.2) is 17.6 Å². The maximum absolute atomic E-state index is 13.5. The molecule has 0 aromatic heterocycles. The van der Waals surface area contributed by atoms with Gasteiger partial charge in [0.1, 0.15) is 5.82 Å². The molecule has 0 aliphatic carbocycles. The topological polar surface area (TPSA) is 53.2 Å². The maximum atomic E-state index is 13.5. The van der Waals surface area contributed by atoms with E-state index in [9.17, 15) is 9.18 Å². The van der Waals surface area contributed by atoms with Crippen LogP contribution in [0.2, 0.25) is 0 Å². The highest BCUT2D eigenvalue weighted by Gasteiger charge is 2.07. The van der Waals surface area contributed by atoms with Gasteiger partial charge < -0.3 is 16.0 Å². The van der Waals surface area contributed by atoms with E-state index in [0.717, 1.165) is 15.7 Å². The Morgan fingerprint density at radius 3 is 2.54 bits per heavy atom. The minimum Gasteiger partial charge on any atom is -0.353 e. The normalized spacial score (nSPS) is 10.2. The highest BCUT2D eigenvalue weighted by Crippen LogP contribution is 2.19. The van der Waals surface area contributed by atoms with Crippen molar-refractivity contribution in [3.8, 4) is 0 Å². The quantitative estimate of drug-likeness (QED) is 0.664. The summed E-state index contributed by atoms with van der Waals surface area (Å²) < 4.78 is 14.4. The number of carbonyl (C=O) groups excluding carboxylic acids is 1. The average Bonchev–Trinajstić information content (AvgIpc) is 2.52. The molecule has 0 radical (unpaired) electrons. The van der Waals surface area contributed by atoms with Gasteiger partial charge in [-0.25, -0.2) is 4.39 Å². The zero-order chi connectivity index (χ0) is 17.7. The summed E-state index contributed by atoms with van der Waals surface area (Å²) in [6.45, 7) is 3.60. The van der Waals surface area contributed by atoms with Crippen molar-refractivity contribution in [1.29, 1.82) is 0 Å². The van der Waals surface area contributed by atoms with E-state index < -0.39 is 0 Å². The van der Waals surface area contributed by atoms with Crippen LogP contribution >= 0.6 is 28.1 Å². The van der Waals surface area contributed by atoms with E-state index in [1.807, 2.05) is 25.1 Å². The Morgan fingerprint density at radius 1 is 1.12 bits per heavy atom. The van der Waals surface area contributed by atoms with E-state index in [1.54, 1.807) is 19.1 Å². The summed E-state index contributed by atoms with van der Waals surface area (Å²) in [5.74, 6) is -0.536. The van der Waals surface area contributed by atoms with Crippen LogP contribution in [0.25, 0.3) is 0 Å². The fourth-order valence-electron chi connectivity index (χ4n) is 1.97. The van der Waals surface area contributed by atoms with Gasteiger partial charge in [-0.15, -0.1) is 0 Å². The predicted octanol–water partition coefficient (Wildman–Crippen LogP) is 4.13. The van der Waals surface area contributed by atoms with Gasteiger partial charge in [0.05, 0.1) is 6.54 Å². The molecule has 0 saturated heterocycles. The standard InChI is InChI=1S/C17H17BrFN3OS/c1-10-3-5-13(8-14(10)19)21-17(24)20-9-16(23)22-15-6-4-12(18)7-11(15)2/h3-8H,9H2,1-2H3,(H,22,23)(H2,20,21,24). The lowest BCUT2D eigenvalue weighted by Gasteiger charge is -2.12. The Bertz CT molecular complexity index is 782. The lowest BCUT2D eigenvalue weighted by molar-refractivity contribution is -0.115. The van der Waals surface area contributed by atoms with Crippen molar-refractivity contribution in [2.24, 2.45) is 0 Å². The van der Waals surface area contributed by atoms with Gasteiger partial charge in [0.2, 0.25) is 5.91 Å². The van der Waals surface area contributed by atoms with E-state index in [1.165, 1.54) is 6.07 Å². The summed E-state index contributed by atoms with van der Waals surface area (Å²) in [5, 5.41) is 8.69. The summed E-state index contributed by atoms with van der Waals surface area (Å²) in [7, 11) is 0. The third-order valence-electron chi connectivity index (χ3n) is 3.30. The molecule has 0 spiro atoms. The molecule has 2 aromatic carbocycles. The number of amides is 1. The van der Waals surface area contributed by atoms with E-state index in [-0.39, 0.29) is 23.4 Å². The third-order valence-corrected chi connectivity index (χ3v) is 4.04. The van der Waals surface area contributed by atoms with Crippen LogP contribution in [0.5, 0.6) is 0 Å². The van der Waals surface area contributed by atoms with Crippen LogP contribution in [-0.2, 0) is 4.79 Å². The van der Waals surface area contributed by atoms with Crippen molar-refractivity contribution in [3.63, 3.8) is 0 Å². The Morgan fingerprint density at radius 2 is 1.88 bits per heavy atom. The summed E-state index contributed by atoms with van der Waals surface area (Å²) in [4.78, 5) is 12.0. The van der Waals surface area contributed by atoms with Crippen molar-refractivity contribution in [2.75, 3.05) is 17.2 Å². The third kappa shape index (κ3) is 5.28. The largest absolute Gasteiger partial charge is 0.353 e. The van der Waals surface area contributed by atoms with Crippen molar-refractivity contribution in [2.45, 2.75) is 13.8 Å². The fourth-order valence-corrected chi connectivity index (χ4v) is 2.63. The molecule has 2 aromatic rings. The number of benzene rings is 2. The number of hydrogen-bond acceptors (Lipinski definition) is 2. The van der Waals surface area contributed by atoms with Gasteiger partial charge in [-0.05, 0) is 67.5 Å². The van der Waals surface area contributed by atoms with Crippen LogP contribution in [0, 0.1) is 19.7 Å². The fraction of sp³-hybridized carbons (Fsp3) is 0.176. The number of carbonyl (C=O) groups is 1. The SMILES string of the molecule is Cc1ccc(NC(=S)NCC(=O)Nc2ccc(Br)cc2C)cc1F. The highest BCUT2D eigenvalue weighted by atomic mass is 79.9. The molecule has 3 N–H and O–H groups in total. The number of aryl methyl sites for hydroxylation is 2. The molecule has 7 heteroatoms. The van der Waals surface area contributed by atoms with E-state index in [0.29, 0.717) is 11.3 Å². The lowest BCUT2D eigenvalue weighted by atomic mass is 10.2. The molecule has 0 atom stereocenters. The Hall–Kier alpha value is -1.99. The van der Waals surface area contributed by atoms with E-state index in [4.69, 9.17) is 12.2 Å². The summed E-state index contributed by atoms with van der Waals surface area (Å²) >= 11 is 8.48. The molecule has 0 aliphatic rings. The van der Waals surface area contributed by atoms with Gasteiger partial charge in [0.15, 0.2) is 5.11 Å². The monoisotopic (exact) mass is 409 g/mol. The molecule has 0 unspecified atom stereocenters. The molecule has 0 bridgehead atoms. The van der Waals surface area contributed by atoms with Gasteiger partial charge in [0.25, 0.3) is 0 Å². The van der Waals surface area contributed by atoms with Crippen LogP contribution < -0.4 is 16.0 Å². The number of nitrogens with one attached hydrogen (secondary N) is 3. The number of thiocarbonyl (C=S) groups is 1. The number of rotatable bonds is 4. The van der Waals surface area contributed by atoms with Crippen molar-refractivity contribution >= 4 is 50.5 Å². The molecular weight excluding hydrogens is 393 g/mol. The molecule has 0 saturated carbocycles. The zero-order valence-corrected chi connectivity index (χ0v) is 15.6. The van der Waals surface area contributed by atoms with Crippen LogP contribution in [0.1, 0.15) is 11.1 Å². The molecule has 0 fully saturated rings. The second-order valence-corrected chi connectivity index (χ2v) is 6.60. The Kier molecular flexibility index (Phi) is 6.28. The summed E-state index contributed by atoms with van der Waals surface area (Å²) in [6, 6.07) is 10.3. The first kappa shape index (κ1) is 18.4. The molecule has 4 nitrogen and oxygen atoms in total. The second-order valence-electron chi connectivity index (χ2n) is 5.28. The minimum atomic E-state index is -0.314. The number of halogens is 2. The van der Waals surface area contributed by atoms with Gasteiger partial charge in [0, 0.05) is 15.8 Å². The zero-order valence-electron chi connectivity index (χ0n) is 13.2. The molecule has 0 aliphatic heterocycles. The predicted molar refractivity (Wildman–Crippen MR) is 103 cm³/mol. The van der Waals surface area contributed by atoms with Gasteiger partial charge in [-0.1, -0.05) is 22.0 Å². The number of anilines is 2. The van der Waals surface area contributed by atoms with Crippen molar-refractivity contribution in [1.82, 2.24) is 5.32 Å². The van der Waals surface area contributed by atoms with E-state index >= 15 is 0 Å². The van der Waals surface area contributed by atoms with Crippen LogP contribution in [0.15, 0.2) is 40.9 Å². The van der Waals surface area contributed by atoms with Gasteiger partial charge in [-0.3, -0.25) is 4.79 Å². The van der Waals surface area contributed by atoms with Crippen molar-refractivity contribution in [3.05, 3.63) is 57.8 Å². The molecule has 1 amide bonds. The Labute approximate surface area is 154 Å². The van der Waals surface area contributed by atoms with E-state index in [2.05, 4.69) is 31.9 Å². The van der Waals surface area contributed by atoms with Gasteiger partial charge >= 0.3 is 0 Å². The first-order chi connectivity index (χ1) is 11.3. The molecular formula is C17H17BrFN3OS. The average molecular weight is 410 g/mol. The minimum absolute atomic E-state index is 0.00960. The number of hydrogen-bond donors (Lipinski definition) is 3. The van der Waals surface area contributed by atoms with Crippen LogP contribution in [0.3, 0.4) is 0 Å². The molecule has 126 valence electrons. The summed E-state index contributed by atoms with van der Waals surface area (Å²) in [6.07, 6.45) is 0. The lowest BCUT2D eigenvalue weighted by Crippen LogP contribution is -2.35. The van der Waals surface area contributed by atoms with Crippen molar-refractivity contribution < 1.29 is 9.18 Å². The first-order valence-corrected chi connectivity index (χ1v) is 8.42. The smallest absolute Gasteiger partial charge is 0.243 e. The maximum Gasteiger partial charge on any atom is 0.243 e. The second kappa shape index (κ2) is 8.21. The molecule has 2 rings (SSSR count). The van der Waals surface area contributed by atoms with Gasteiger partial charge in [-0.2, -0.15) is 0 Å². The molecule has 0 heterocycles. The molecule has 24 heavy (non-hydrogen) atoms.